The molecule has 3 aromatic carbocycles. The molecule has 2 N–H and O–H groups in total. The van der Waals surface area contributed by atoms with E-state index < -0.39 is 31.3 Å². The molecule has 4 aliphatic heterocycles. The molecule has 2 aliphatic carbocycles. The van der Waals surface area contributed by atoms with Crippen molar-refractivity contribution in [2.45, 2.75) is 141 Å². The van der Waals surface area contributed by atoms with Gasteiger partial charge in [-0.05, 0) is 141 Å². The van der Waals surface area contributed by atoms with Crippen LogP contribution in [0.5, 0.6) is 11.8 Å². The first-order valence-corrected chi connectivity index (χ1v) is 34.2. The number of imide groups is 1. The Balaban J connectivity index is 0.753. The molecule has 1 spiro atoms. The van der Waals surface area contributed by atoms with Gasteiger partial charge in [0.05, 0.1) is 33.9 Å². The minimum absolute atomic E-state index is 0.0149. The Kier molecular flexibility index (Phi) is 18.3. The van der Waals surface area contributed by atoms with Crippen LogP contribution in [0.3, 0.4) is 0 Å². The minimum atomic E-state index is -2.33. The van der Waals surface area contributed by atoms with Crippen LogP contribution < -0.4 is 24.6 Å². The van der Waals surface area contributed by atoms with E-state index in [2.05, 4.69) is 68.1 Å². The van der Waals surface area contributed by atoms with Gasteiger partial charge in [-0.15, -0.1) is 5.54 Å². The number of benzene rings is 3. The fourth-order valence-corrected chi connectivity index (χ4v) is 20.6. The molecule has 466 valence electrons. The average molecular weight is 1230 g/mol. The molecule has 6 fully saturated rings. The number of carbonyl (C=O) groups is 3. The predicted octanol–water partition coefficient (Wildman–Crippen LogP) is 12.0. The van der Waals surface area contributed by atoms with E-state index in [0.29, 0.717) is 111 Å². The number of piperidine rings is 2. The standard InChI is InChI=1S/C67H86ClF2N9O7Si/c1-43(2)87(44(3)4,45(5)6)33-17-50-54(69)13-11-47-34-49(86-42-84-8)36-51(57(47)50)59-58(70)60-52(37-71-59)61(78-25-9-18-65(7,83)39-78)74-63(73-60)85-41-67(21-22-67)40-76-31-29-75(30-32-76)38-46-14-19-66(20-15-46)23-27-77(28-24-66)62(81)48-10-12-53(68)55(35-48)79-26-16-56(80)72-64(79)82/h10-13,34-37,43-46,83H,9,14-16,18-32,38-42H2,1-8H3,(H,72,80,82)/t65-/m1/s1. The zero-order valence-electron chi connectivity index (χ0n) is 52.0. The van der Waals surface area contributed by atoms with E-state index in [0.717, 1.165) is 65.0 Å². The number of amides is 4. The van der Waals surface area contributed by atoms with Crippen LogP contribution in [-0.4, -0.2) is 159 Å². The number of fused-ring (bicyclic) bond motifs is 2. The molecule has 6 aliphatic rings. The van der Waals surface area contributed by atoms with Crippen LogP contribution in [0, 0.1) is 39.8 Å². The topological polar surface area (TPSA) is 166 Å². The smallest absolute Gasteiger partial charge is 0.328 e. The van der Waals surface area contributed by atoms with Crippen LogP contribution in [0.15, 0.2) is 48.7 Å². The van der Waals surface area contributed by atoms with Crippen molar-refractivity contribution >= 4 is 70.7 Å². The molecule has 11 rings (SSSR count). The van der Waals surface area contributed by atoms with Gasteiger partial charge in [0.15, 0.2) is 12.6 Å². The Bertz CT molecular complexity index is 3450. The number of hydrogen-bond donors (Lipinski definition) is 2. The number of carbonyl (C=O) groups excluding carboxylic acids is 3. The van der Waals surface area contributed by atoms with Gasteiger partial charge in [-0.2, -0.15) is 9.97 Å². The Morgan fingerprint density at radius 3 is 2.24 bits per heavy atom. The second kappa shape index (κ2) is 25.5. The number of halogens is 3. The van der Waals surface area contributed by atoms with E-state index in [-0.39, 0.29) is 71.7 Å². The number of pyridine rings is 1. The molecule has 0 radical (unpaired) electrons. The van der Waals surface area contributed by atoms with Crippen molar-refractivity contribution in [1.29, 1.82) is 0 Å². The number of rotatable bonds is 17. The van der Waals surface area contributed by atoms with Crippen molar-refractivity contribution in [2.24, 2.45) is 16.7 Å². The Morgan fingerprint density at radius 2 is 1.57 bits per heavy atom. The van der Waals surface area contributed by atoms with Gasteiger partial charge in [0.25, 0.3) is 5.91 Å². The molecule has 0 bridgehead atoms. The molecule has 0 unspecified atom stereocenters. The summed E-state index contributed by atoms with van der Waals surface area (Å²) in [5.41, 5.74) is 5.18. The summed E-state index contributed by atoms with van der Waals surface area (Å²) in [5, 5.41) is 15.4. The molecular formula is C67H86ClF2N9O7Si. The van der Waals surface area contributed by atoms with Crippen molar-refractivity contribution < 1.29 is 42.5 Å². The first-order chi connectivity index (χ1) is 41.6. The molecule has 2 saturated carbocycles. The number of likely N-dealkylation sites (tertiary alicyclic amines) is 1. The highest BCUT2D eigenvalue weighted by molar-refractivity contribution is 6.90. The molecule has 4 saturated heterocycles. The Labute approximate surface area is 517 Å². The van der Waals surface area contributed by atoms with Gasteiger partial charge in [0, 0.05) is 114 Å². The highest BCUT2D eigenvalue weighted by Crippen LogP contribution is 2.49. The fraction of sp³-hybridized carbons (Fsp3) is 0.582. The number of β-amino-alcohol motifs (C(OH)–C–C–N with tert-alkyl or cyclic N) is 1. The predicted molar refractivity (Wildman–Crippen MR) is 339 cm³/mol. The van der Waals surface area contributed by atoms with Crippen LogP contribution >= 0.6 is 11.6 Å². The van der Waals surface area contributed by atoms with Crippen LogP contribution in [-0.2, 0) is 9.53 Å². The molecule has 1 atom stereocenters. The molecule has 5 aromatic rings. The summed E-state index contributed by atoms with van der Waals surface area (Å²) in [4.78, 5) is 63.3. The third kappa shape index (κ3) is 13.2. The summed E-state index contributed by atoms with van der Waals surface area (Å²) >= 11 is 6.49. The van der Waals surface area contributed by atoms with Crippen LogP contribution in [0.1, 0.15) is 135 Å². The van der Waals surface area contributed by atoms with Gasteiger partial charge >= 0.3 is 12.0 Å². The highest BCUT2D eigenvalue weighted by atomic mass is 35.5. The van der Waals surface area contributed by atoms with Gasteiger partial charge in [-0.1, -0.05) is 65.1 Å². The normalized spacial score (nSPS) is 21.3. The van der Waals surface area contributed by atoms with Crippen LogP contribution in [0.2, 0.25) is 21.6 Å². The zero-order chi connectivity index (χ0) is 61.6. The summed E-state index contributed by atoms with van der Waals surface area (Å²) in [6.45, 7) is 23.8. The summed E-state index contributed by atoms with van der Waals surface area (Å²) in [6, 6.07) is 11.1. The lowest BCUT2D eigenvalue weighted by molar-refractivity contribution is -0.120. The molecular weight excluding hydrogens is 1140 g/mol. The number of ether oxygens (including phenoxy) is 3. The third-order valence-electron chi connectivity index (χ3n) is 20.3. The van der Waals surface area contributed by atoms with E-state index in [4.69, 9.17) is 40.8 Å². The average Bonchev–Trinajstić information content (AvgIpc) is 1.25. The van der Waals surface area contributed by atoms with Crippen molar-refractivity contribution in [2.75, 3.05) is 102 Å². The molecule has 4 amide bonds. The maximum absolute atomic E-state index is 18.0. The van der Waals surface area contributed by atoms with Crippen LogP contribution in [0.4, 0.5) is 25.1 Å². The third-order valence-corrected chi connectivity index (χ3v) is 27.0. The van der Waals surface area contributed by atoms with E-state index in [1.54, 1.807) is 42.6 Å². The second-order valence-corrected chi connectivity index (χ2v) is 33.2. The van der Waals surface area contributed by atoms with Crippen molar-refractivity contribution in [3.63, 3.8) is 0 Å². The summed E-state index contributed by atoms with van der Waals surface area (Å²) in [6.07, 6.45) is 11.8. The quantitative estimate of drug-likeness (QED) is 0.0514. The van der Waals surface area contributed by atoms with Gasteiger partial charge < -0.3 is 38.9 Å². The van der Waals surface area contributed by atoms with Crippen molar-refractivity contribution in [3.8, 4) is 34.5 Å². The van der Waals surface area contributed by atoms with Gasteiger partial charge in [-0.25, -0.2) is 13.6 Å². The number of hydrogen-bond acceptors (Lipinski definition) is 13. The van der Waals surface area contributed by atoms with E-state index >= 15 is 8.78 Å². The number of anilines is 2. The lowest BCUT2D eigenvalue weighted by Crippen LogP contribution is -2.50. The number of nitrogens with zero attached hydrogens (tertiary/aromatic N) is 8. The zero-order valence-corrected chi connectivity index (χ0v) is 53.8. The number of urea groups is 1. The van der Waals surface area contributed by atoms with Crippen molar-refractivity contribution in [3.05, 3.63) is 76.4 Å². The first kappa shape index (κ1) is 62.6. The molecule has 20 heteroatoms. The van der Waals surface area contributed by atoms with Gasteiger partial charge in [-0.3, -0.25) is 24.8 Å². The van der Waals surface area contributed by atoms with E-state index in [1.165, 1.54) is 43.8 Å². The van der Waals surface area contributed by atoms with Crippen molar-refractivity contribution in [1.82, 2.24) is 35.0 Å². The monoisotopic (exact) mass is 1230 g/mol. The van der Waals surface area contributed by atoms with Gasteiger partial charge in [0.1, 0.15) is 36.7 Å². The highest BCUT2D eigenvalue weighted by Gasteiger charge is 2.47. The summed E-state index contributed by atoms with van der Waals surface area (Å²) in [5.74, 6) is 3.24. The molecule has 16 nitrogen and oxygen atoms in total. The van der Waals surface area contributed by atoms with E-state index in [1.807, 2.05) is 16.7 Å². The summed E-state index contributed by atoms with van der Waals surface area (Å²) < 4.78 is 52.3. The number of aliphatic hydroxyl groups is 1. The SMILES string of the molecule is COCOc1cc(-c2ncc3c(N4CCC[C@@](C)(O)C4)nc(OCC4(CN5CCN(CC6CCC7(CC6)CCN(C(=O)c6ccc(Cl)c(N8CCC(=O)NC8=O)c6)CC7)CC5)CC4)nc3c2F)c2c(C#C[Si](C(C)C)(C(C)C)C(C)C)c(F)ccc2c1. The molecule has 87 heavy (non-hydrogen) atoms. The second-order valence-electron chi connectivity index (χ2n) is 27.2. The fourth-order valence-electron chi connectivity index (χ4n) is 15.1. The Morgan fingerprint density at radius 1 is 0.862 bits per heavy atom. The van der Waals surface area contributed by atoms with E-state index in [9.17, 15) is 19.5 Å². The molecule has 6 heterocycles. The van der Waals surface area contributed by atoms with Crippen LogP contribution in [0.25, 0.3) is 32.9 Å². The van der Waals surface area contributed by atoms with Gasteiger partial charge in [0.2, 0.25) is 5.91 Å². The lowest BCUT2D eigenvalue weighted by Gasteiger charge is -2.47. The number of piperazine rings is 1. The number of methoxy groups -OCH3 is 1. The first-order valence-electron chi connectivity index (χ1n) is 31.6. The Hall–Kier alpha value is -6.01. The lowest BCUT2D eigenvalue weighted by atomic mass is 9.65. The maximum Gasteiger partial charge on any atom is 0.328 e. The largest absolute Gasteiger partial charge is 0.468 e. The summed E-state index contributed by atoms with van der Waals surface area (Å²) in [7, 11) is -0.807. The maximum atomic E-state index is 18.0. The minimum Gasteiger partial charge on any atom is -0.468 e. The number of nitrogens with one attached hydrogen (secondary N) is 1. The molecule has 2 aromatic heterocycles. The number of aromatic nitrogens is 3.